The molecule has 2 aromatic rings. The summed E-state index contributed by atoms with van der Waals surface area (Å²) >= 11 is 0. The molecule has 0 saturated heterocycles. The van der Waals surface area contributed by atoms with E-state index < -0.39 is 11.7 Å². The zero-order valence-electron chi connectivity index (χ0n) is 12.6. The zero-order chi connectivity index (χ0) is 15.5. The zero-order valence-corrected chi connectivity index (χ0v) is 12.6. The Bertz CT molecular complexity index is 631. The summed E-state index contributed by atoms with van der Waals surface area (Å²) in [4.78, 5) is 15.6. The number of amides is 1. The predicted molar refractivity (Wildman–Crippen MR) is 76.3 cm³/mol. The van der Waals surface area contributed by atoms with Gasteiger partial charge in [0.2, 0.25) is 0 Å². The molecule has 0 aliphatic heterocycles. The minimum atomic E-state index is -0.517. The van der Waals surface area contributed by atoms with Gasteiger partial charge in [0, 0.05) is 5.69 Å². The summed E-state index contributed by atoms with van der Waals surface area (Å²) in [6.07, 6.45) is -0.478. The Morgan fingerprint density at radius 1 is 1.38 bits per heavy atom. The van der Waals surface area contributed by atoms with Crippen LogP contribution in [0.15, 0.2) is 16.7 Å². The quantitative estimate of drug-likeness (QED) is 0.871. The molecule has 0 unspecified atom stereocenters. The Kier molecular flexibility index (Phi) is 4.30. The summed E-state index contributed by atoms with van der Waals surface area (Å²) < 4.78 is 15.6. The Labute approximate surface area is 122 Å². The molecule has 0 saturated carbocycles. The lowest BCUT2D eigenvalue weighted by atomic mass is 10.2. The van der Waals surface area contributed by atoms with Crippen LogP contribution in [0.4, 0.5) is 4.79 Å². The van der Waals surface area contributed by atoms with E-state index >= 15 is 0 Å². The van der Waals surface area contributed by atoms with E-state index in [1.165, 1.54) is 0 Å². The average Bonchev–Trinajstić information content (AvgIpc) is 2.75. The van der Waals surface area contributed by atoms with E-state index in [1.807, 2.05) is 19.1 Å². The van der Waals surface area contributed by atoms with Crippen molar-refractivity contribution in [3.8, 4) is 5.88 Å². The summed E-state index contributed by atoms with van der Waals surface area (Å²) in [6, 6.07) is 3.69. The second-order valence-electron chi connectivity index (χ2n) is 5.57. The molecule has 1 amide bonds. The van der Waals surface area contributed by atoms with Crippen LogP contribution < -0.4 is 10.1 Å². The van der Waals surface area contributed by atoms with Gasteiger partial charge in [0.05, 0.1) is 6.54 Å². The van der Waals surface area contributed by atoms with Crippen LogP contribution in [0.5, 0.6) is 5.88 Å². The summed E-state index contributed by atoms with van der Waals surface area (Å²) in [5.74, 6) is 0.364. The van der Waals surface area contributed by atoms with Gasteiger partial charge < -0.3 is 19.3 Å². The number of hydrogen-bond acceptors (Lipinski definition) is 6. The molecule has 0 aliphatic carbocycles. The van der Waals surface area contributed by atoms with Gasteiger partial charge in [0.15, 0.2) is 0 Å². The van der Waals surface area contributed by atoms with Crippen molar-refractivity contribution in [1.29, 1.82) is 0 Å². The summed E-state index contributed by atoms with van der Waals surface area (Å²) in [7, 11) is 0. The van der Waals surface area contributed by atoms with Gasteiger partial charge in [0.1, 0.15) is 17.6 Å². The third-order valence-corrected chi connectivity index (χ3v) is 2.45. The number of carbonyl (C=O) groups excluding carboxylic acids is 1. The number of rotatable bonds is 4. The number of alkyl carbamates (subject to hydrolysis) is 1. The molecule has 1 N–H and O–H groups in total. The highest BCUT2D eigenvalue weighted by Crippen LogP contribution is 2.23. The fourth-order valence-electron chi connectivity index (χ4n) is 1.62. The summed E-state index contributed by atoms with van der Waals surface area (Å²) in [5.41, 5.74) is 0.762. The topological polar surface area (TPSA) is 86.5 Å². The largest absolute Gasteiger partial charge is 0.473 e. The molecule has 21 heavy (non-hydrogen) atoms. The Morgan fingerprint density at radius 2 is 2.14 bits per heavy atom. The Balaban J connectivity index is 1.82. The Hall–Kier alpha value is -2.31. The molecule has 0 atom stereocenters. The van der Waals surface area contributed by atoms with E-state index in [4.69, 9.17) is 14.0 Å². The lowest BCUT2D eigenvalue weighted by Crippen LogP contribution is -2.34. The van der Waals surface area contributed by atoms with Gasteiger partial charge >= 0.3 is 6.09 Å². The van der Waals surface area contributed by atoms with E-state index in [0.717, 1.165) is 5.69 Å². The van der Waals surface area contributed by atoms with Gasteiger partial charge in [0.25, 0.3) is 11.6 Å². The lowest BCUT2D eigenvalue weighted by Gasteiger charge is -2.19. The van der Waals surface area contributed by atoms with Gasteiger partial charge in [-0.1, -0.05) is 0 Å². The van der Waals surface area contributed by atoms with E-state index in [9.17, 15) is 4.79 Å². The second-order valence-corrected chi connectivity index (χ2v) is 5.57. The fraction of sp³-hybridized carbons (Fsp3) is 0.500. The number of nitrogens with one attached hydrogen (secondary N) is 1. The van der Waals surface area contributed by atoms with Crippen molar-refractivity contribution >= 4 is 17.2 Å². The molecule has 0 fully saturated rings. The molecule has 2 aromatic heterocycles. The maximum atomic E-state index is 11.4. The van der Waals surface area contributed by atoms with E-state index in [2.05, 4.69) is 15.5 Å². The fourth-order valence-corrected chi connectivity index (χ4v) is 1.62. The van der Waals surface area contributed by atoms with E-state index in [0.29, 0.717) is 23.5 Å². The maximum Gasteiger partial charge on any atom is 0.407 e. The van der Waals surface area contributed by atoms with Crippen molar-refractivity contribution in [2.75, 3.05) is 13.2 Å². The van der Waals surface area contributed by atoms with Crippen LogP contribution in [0.1, 0.15) is 26.5 Å². The molecule has 7 nitrogen and oxygen atoms in total. The number of carbonyl (C=O) groups is 1. The van der Waals surface area contributed by atoms with Crippen LogP contribution in [0.2, 0.25) is 0 Å². The third kappa shape index (κ3) is 4.34. The van der Waals surface area contributed by atoms with Gasteiger partial charge in [-0.25, -0.2) is 9.78 Å². The van der Waals surface area contributed by atoms with Crippen molar-refractivity contribution < 1.29 is 18.8 Å². The van der Waals surface area contributed by atoms with E-state index in [-0.39, 0.29) is 6.61 Å². The number of pyridine rings is 1. The lowest BCUT2D eigenvalue weighted by molar-refractivity contribution is 0.0520. The number of ether oxygens (including phenoxy) is 2. The number of fused-ring (bicyclic) bond motifs is 1. The van der Waals surface area contributed by atoms with Gasteiger partial charge in [-0.3, -0.25) is 0 Å². The standard InChI is InChI=1S/C14H19N3O4/c1-9-5-6-10-11(16-9)21-17-12(10)19-8-7-15-13(18)20-14(2,3)4/h5-6H,7-8H2,1-4H3,(H,15,18). The first-order valence-electron chi connectivity index (χ1n) is 6.68. The first-order valence-corrected chi connectivity index (χ1v) is 6.68. The highest BCUT2D eigenvalue weighted by atomic mass is 16.6. The number of hydrogen-bond donors (Lipinski definition) is 1. The normalized spacial score (nSPS) is 11.4. The van der Waals surface area contributed by atoms with Crippen LogP contribution in [0.25, 0.3) is 11.1 Å². The predicted octanol–water partition coefficient (Wildman–Crippen LogP) is 2.43. The van der Waals surface area contributed by atoms with Crippen LogP contribution in [0.3, 0.4) is 0 Å². The molecule has 7 heteroatoms. The second kappa shape index (κ2) is 5.99. The maximum absolute atomic E-state index is 11.4. The highest BCUT2D eigenvalue weighted by Gasteiger charge is 2.16. The average molecular weight is 293 g/mol. The molecule has 0 spiro atoms. The number of nitrogens with zero attached hydrogens (tertiary/aromatic N) is 2. The molecule has 2 rings (SSSR count). The van der Waals surface area contributed by atoms with Crippen LogP contribution in [-0.2, 0) is 4.74 Å². The molecule has 0 radical (unpaired) electrons. The van der Waals surface area contributed by atoms with Crippen LogP contribution in [-0.4, -0.2) is 35.0 Å². The van der Waals surface area contributed by atoms with Crippen molar-refractivity contribution in [1.82, 2.24) is 15.5 Å². The first kappa shape index (κ1) is 15.1. The summed E-state index contributed by atoms with van der Waals surface area (Å²) in [6.45, 7) is 7.85. The molecule has 2 heterocycles. The van der Waals surface area contributed by atoms with Crippen molar-refractivity contribution in [3.63, 3.8) is 0 Å². The van der Waals surface area contributed by atoms with Crippen molar-refractivity contribution in [3.05, 3.63) is 17.8 Å². The van der Waals surface area contributed by atoms with Gasteiger partial charge in [-0.15, -0.1) is 0 Å². The smallest absolute Gasteiger partial charge is 0.407 e. The monoisotopic (exact) mass is 293 g/mol. The molecule has 0 bridgehead atoms. The minimum Gasteiger partial charge on any atom is -0.473 e. The van der Waals surface area contributed by atoms with Gasteiger partial charge in [-0.2, -0.15) is 0 Å². The highest BCUT2D eigenvalue weighted by molar-refractivity contribution is 5.78. The Morgan fingerprint density at radius 3 is 2.86 bits per heavy atom. The minimum absolute atomic E-state index is 0.259. The summed E-state index contributed by atoms with van der Waals surface area (Å²) in [5, 5.41) is 7.11. The molecular weight excluding hydrogens is 274 g/mol. The van der Waals surface area contributed by atoms with Crippen LogP contribution >= 0.6 is 0 Å². The van der Waals surface area contributed by atoms with Gasteiger partial charge in [-0.05, 0) is 45.0 Å². The molecule has 0 aliphatic rings. The first-order chi connectivity index (χ1) is 9.85. The third-order valence-electron chi connectivity index (χ3n) is 2.45. The van der Waals surface area contributed by atoms with Crippen LogP contribution in [0, 0.1) is 6.92 Å². The SMILES string of the molecule is Cc1ccc2c(OCCNC(=O)OC(C)(C)C)noc2n1. The number of aromatic nitrogens is 2. The molecular formula is C14H19N3O4. The molecule has 114 valence electrons. The van der Waals surface area contributed by atoms with E-state index in [1.54, 1.807) is 20.8 Å². The van der Waals surface area contributed by atoms with Crippen molar-refractivity contribution in [2.24, 2.45) is 0 Å². The van der Waals surface area contributed by atoms with Crippen molar-refractivity contribution in [2.45, 2.75) is 33.3 Å². The number of aryl methyl sites for hydroxylation is 1. The molecule has 0 aromatic carbocycles.